The Kier molecular flexibility index (Phi) is 3.07. The van der Waals surface area contributed by atoms with Crippen LogP contribution in [0.25, 0.3) is 11.6 Å². The summed E-state index contributed by atoms with van der Waals surface area (Å²) in [7, 11) is 1.96. The summed E-state index contributed by atoms with van der Waals surface area (Å²) in [6, 6.07) is 3.63. The predicted octanol–water partition coefficient (Wildman–Crippen LogP) is 1.84. The molecule has 1 aliphatic heterocycles. The Morgan fingerprint density at radius 3 is 2.91 bits per heavy atom. The van der Waals surface area contributed by atoms with E-state index in [0.717, 1.165) is 13.1 Å². The van der Waals surface area contributed by atoms with Gasteiger partial charge in [0.15, 0.2) is 5.76 Å². The van der Waals surface area contributed by atoms with Gasteiger partial charge in [-0.15, -0.1) is 0 Å². The average Bonchev–Trinajstić information content (AvgIpc) is 3.25. The number of hydrogen-bond donors (Lipinski definition) is 1. The third-order valence-corrected chi connectivity index (χ3v) is 4.39. The van der Waals surface area contributed by atoms with E-state index in [4.69, 9.17) is 8.94 Å². The Morgan fingerprint density at radius 1 is 1.32 bits per heavy atom. The lowest BCUT2D eigenvalue weighted by Gasteiger charge is -2.14. The number of hydrogen-bond acceptors (Lipinski definition) is 6. The maximum absolute atomic E-state index is 5.48. The van der Waals surface area contributed by atoms with Crippen molar-refractivity contribution >= 4 is 0 Å². The third kappa shape index (κ3) is 2.05. The first-order valence-corrected chi connectivity index (χ1v) is 7.30. The van der Waals surface area contributed by atoms with E-state index in [1.165, 1.54) is 11.3 Å². The van der Waals surface area contributed by atoms with Crippen molar-refractivity contribution in [3.63, 3.8) is 0 Å². The van der Waals surface area contributed by atoms with Crippen molar-refractivity contribution in [2.75, 3.05) is 13.1 Å². The van der Waals surface area contributed by atoms with Crippen LogP contribution in [0.4, 0.5) is 0 Å². The fourth-order valence-corrected chi connectivity index (χ4v) is 3.04. The van der Waals surface area contributed by atoms with Gasteiger partial charge in [0.25, 0.3) is 0 Å². The lowest BCUT2D eigenvalue weighted by atomic mass is 9.89. The molecule has 0 aliphatic carbocycles. The molecule has 3 aromatic heterocycles. The Labute approximate surface area is 127 Å². The van der Waals surface area contributed by atoms with Crippen molar-refractivity contribution in [2.45, 2.75) is 18.8 Å². The van der Waals surface area contributed by atoms with Crippen LogP contribution in [-0.4, -0.2) is 33.0 Å². The normalized spacial score (nSPS) is 21.5. The average molecular weight is 299 g/mol. The summed E-state index contributed by atoms with van der Waals surface area (Å²) >= 11 is 0. The molecule has 1 saturated heterocycles. The van der Waals surface area contributed by atoms with E-state index in [9.17, 15) is 0 Å². The van der Waals surface area contributed by atoms with Crippen LogP contribution in [0.15, 0.2) is 33.5 Å². The number of aryl methyl sites for hydroxylation is 1. The molecule has 1 fully saturated rings. The minimum atomic E-state index is 0.152. The Bertz CT molecular complexity index is 774. The molecule has 0 aromatic carbocycles. The number of nitrogens with zero attached hydrogens (tertiary/aromatic N) is 4. The zero-order chi connectivity index (χ0) is 15.1. The van der Waals surface area contributed by atoms with Gasteiger partial charge in [-0.05, 0) is 24.6 Å². The molecule has 0 amide bonds. The molecule has 114 valence electrons. The summed E-state index contributed by atoms with van der Waals surface area (Å²) in [6.07, 6.45) is 3.54. The molecular formula is C15H17N5O2. The van der Waals surface area contributed by atoms with Crippen LogP contribution < -0.4 is 5.32 Å². The second kappa shape index (κ2) is 5.10. The van der Waals surface area contributed by atoms with Crippen molar-refractivity contribution in [3.05, 3.63) is 41.7 Å². The zero-order valence-electron chi connectivity index (χ0n) is 12.5. The quantitative estimate of drug-likeness (QED) is 0.794. The van der Waals surface area contributed by atoms with Gasteiger partial charge < -0.3 is 14.3 Å². The van der Waals surface area contributed by atoms with Gasteiger partial charge in [0.05, 0.1) is 18.4 Å². The minimum absolute atomic E-state index is 0.152. The maximum Gasteiger partial charge on any atom is 0.238 e. The van der Waals surface area contributed by atoms with Gasteiger partial charge in [-0.3, -0.25) is 4.68 Å². The number of nitrogens with one attached hydrogen (secondary N) is 1. The predicted molar refractivity (Wildman–Crippen MR) is 78.3 cm³/mol. The molecule has 7 heteroatoms. The smallest absolute Gasteiger partial charge is 0.238 e. The van der Waals surface area contributed by atoms with Crippen molar-refractivity contribution in [1.82, 2.24) is 25.2 Å². The van der Waals surface area contributed by atoms with Crippen LogP contribution >= 0.6 is 0 Å². The molecule has 22 heavy (non-hydrogen) atoms. The van der Waals surface area contributed by atoms with E-state index in [2.05, 4.69) is 27.5 Å². The molecule has 0 radical (unpaired) electrons. The number of furan rings is 1. The van der Waals surface area contributed by atoms with Crippen LogP contribution in [0.5, 0.6) is 0 Å². The van der Waals surface area contributed by atoms with E-state index in [0.29, 0.717) is 23.4 Å². The molecule has 4 rings (SSSR count). The molecule has 3 aromatic rings. The fraction of sp³-hybridized carbons (Fsp3) is 0.400. The lowest BCUT2D eigenvalue weighted by Crippen LogP contribution is -2.10. The van der Waals surface area contributed by atoms with Crippen molar-refractivity contribution in [1.29, 1.82) is 0 Å². The van der Waals surface area contributed by atoms with Gasteiger partial charge in [-0.2, -0.15) is 10.1 Å². The van der Waals surface area contributed by atoms with Gasteiger partial charge in [0.1, 0.15) is 0 Å². The molecule has 1 N–H and O–H groups in total. The second-order valence-corrected chi connectivity index (χ2v) is 5.61. The van der Waals surface area contributed by atoms with E-state index in [1.54, 1.807) is 6.26 Å². The third-order valence-electron chi connectivity index (χ3n) is 4.39. The van der Waals surface area contributed by atoms with Crippen molar-refractivity contribution in [2.24, 2.45) is 7.05 Å². The fourth-order valence-electron chi connectivity index (χ4n) is 3.04. The molecule has 0 bridgehead atoms. The van der Waals surface area contributed by atoms with Crippen LogP contribution in [-0.2, 0) is 7.05 Å². The number of aromatic nitrogens is 4. The topological polar surface area (TPSA) is 81.9 Å². The summed E-state index contributed by atoms with van der Waals surface area (Å²) in [6.45, 7) is 3.79. The molecule has 4 heterocycles. The molecule has 0 saturated carbocycles. The molecular weight excluding hydrogens is 282 g/mol. The highest BCUT2D eigenvalue weighted by molar-refractivity contribution is 5.45. The van der Waals surface area contributed by atoms with Crippen LogP contribution in [0, 0.1) is 6.92 Å². The first-order chi connectivity index (χ1) is 10.7. The van der Waals surface area contributed by atoms with Gasteiger partial charge in [0.2, 0.25) is 11.7 Å². The molecule has 7 nitrogen and oxygen atoms in total. The SMILES string of the molecule is Cc1c([C@@H]2CNC[C@H]2c2nc(-c3ccco3)no2)cnn1C. The minimum Gasteiger partial charge on any atom is -0.461 e. The van der Waals surface area contributed by atoms with Crippen LogP contribution in [0.3, 0.4) is 0 Å². The molecule has 0 unspecified atom stereocenters. The Morgan fingerprint density at radius 2 is 2.18 bits per heavy atom. The first-order valence-electron chi connectivity index (χ1n) is 7.30. The molecule has 2 atom stereocenters. The van der Waals surface area contributed by atoms with Gasteiger partial charge >= 0.3 is 0 Å². The number of rotatable bonds is 3. The maximum atomic E-state index is 5.48. The van der Waals surface area contributed by atoms with Gasteiger partial charge in [0, 0.05) is 31.7 Å². The Hall–Kier alpha value is -2.41. The highest BCUT2D eigenvalue weighted by Crippen LogP contribution is 2.36. The largest absolute Gasteiger partial charge is 0.461 e. The monoisotopic (exact) mass is 299 g/mol. The van der Waals surface area contributed by atoms with E-state index >= 15 is 0 Å². The summed E-state index contributed by atoms with van der Waals surface area (Å²) in [5.74, 6) is 2.20. The summed E-state index contributed by atoms with van der Waals surface area (Å²) < 4.78 is 12.7. The summed E-state index contributed by atoms with van der Waals surface area (Å²) in [5.41, 5.74) is 2.40. The van der Waals surface area contributed by atoms with E-state index in [-0.39, 0.29) is 5.92 Å². The standard InChI is InChI=1S/C15H17N5O2/c1-9-10(8-17-20(9)2)11-6-16-7-12(11)15-18-14(19-22-15)13-4-3-5-21-13/h3-5,8,11-12,16H,6-7H2,1-2H3/t11-,12+/m0/s1. The van der Waals surface area contributed by atoms with Gasteiger partial charge in [-0.25, -0.2) is 0 Å². The molecule has 1 aliphatic rings. The van der Waals surface area contributed by atoms with Crippen molar-refractivity contribution in [3.8, 4) is 11.6 Å². The Balaban J connectivity index is 1.65. The molecule has 0 spiro atoms. The first kappa shape index (κ1) is 13.3. The van der Waals surface area contributed by atoms with Crippen LogP contribution in [0.2, 0.25) is 0 Å². The van der Waals surface area contributed by atoms with Crippen LogP contribution in [0.1, 0.15) is 29.0 Å². The van der Waals surface area contributed by atoms with Crippen molar-refractivity contribution < 1.29 is 8.94 Å². The van der Waals surface area contributed by atoms with E-state index < -0.39 is 0 Å². The van der Waals surface area contributed by atoms with Gasteiger partial charge in [-0.1, -0.05) is 5.16 Å². The van der Waals surface area contributed by atoms with E-state index in [1.807, 2.05) is 30.1 Å². The highest BCUT2D eigenvalue weighted by atomic mass is 16.5. The zero-order valence-corrected chi connectivity index (χ0v) is 12.5. The summed E-state index contributed by atoms with van der Waals surface area (Å²) in [4.78, 5) is 4.51. The lowest BCUT2D eigenvalue weighted by molar-refractivity contribution is 0.350. The second-order valence-electron chi connectivity index (χ2n) is 5.61. The highest BCUT2D eigenvalue weighted by Gasteiger charge is 2.35. The summed E-state index contributed by atoms with van der Waals surface area (Å²) in [5, 5.41) is 11.8.